The van der Waals surface area contributed by atoms with E-state index >= 15 is 0 Å². The number of aryl methyl sites for hydroxylation is 1. The molecule has 1 aliphatic carbocycles. The molecule has 2 heteroatoms. The summed E-state index contributed by atoms with van der Waals surface area (Å²) >= 11 is 0. The highest BCUT2D eigenvalue weighted by atomic mass is 16.2. The maximum Gasteiger partial charge on any atom is 0.230 e. The summed E-state index contributed by atoms with van der Waals surface area (Å²) in [4.78, 5) is 12.1. The van der Waals surface area contributed by atoms with E-state index in [1.807, 2.05) is 31.2 Å². The second-order valence-corrected chi connectivity index (χ2v) is 5.09. The molecule has 0 radical (unpaired) electrons. The van der Waals surface area contributed by atoms with Crippen molar-refractivity contribution >= 4 is 11.6 Å². The monoisotopic (exact) mass is 217 g/mol. The highest BCUT2D eigenvalue weighted by molar-refractivity contribution is 5.95. The minimum absolute atomic E-state index is 0.148. The van der Waals surface area contributed by atoms with Gasteiger partial charge in [-0.2, -0.15) is 0 Å². The second kappa shape index (κ2) is 4.28. The van der Waals surface area contributed by atoms with Crippen molar-refractivity contribution in [2.24, 2.45) is 5.41 Å². The lowest BCUT2D eigenvalue weighted by Gasteiger charge is -2.22. The van der Waals surface area contributed by atoms with E-state index in [1.165, 1.54) is 18.4 Å². The van der Waals surface area contributed by atoms with E-state index in [0.717, 1.165) is 18.5 Å². The molecule has 0 spiro atoms. The molecule has 16 heavy (non-hydrogen) atoms. The molecule has 0 aromatic heterocycles. The Morgan fingerprint density at radius 1 is 1.19 bits per heavy atom. The Labute approximate surface area is 97.1 Å². The number of carbonyl (C=O) groups is 1. The van der Waals surface area contributed by atoms with Gasteiger partial charge in [-0.1, -0.05) is 37.5 Å². The van der Waals surface area contributed by atoms with Crippen LogP contribution in [-0.4, -0.2) is 5.91 Å². The van der Waals surface area contributed by atoms with Crippen molar-refractivity contribution in [3.63, 3.8) is 0 Å². The standard InChI is InChI=1S/C14H19NO/c1-11-5-7-12(8-6-11)15-13(16)14(2)9-3-4-10-14/h5-8H,3-4,9-10H2,1-2H3,(H,15,16). The fourth-order valence-electron chi connectivity index (χ4n) is 2.30. The topological polar surface area (TPSA) is 29.1 Å². The molecular formula is C14H19NO. The van der Waals surface area contributed by atoms with Crippen LogP contribution in [0.4, 0.5) is 5.69 Å². The number of anilines is 1. The predicted molar refractivity (Wildman–Crippen MR) is 66.4 cm³/mol. The van der Waals surface area contributed by atoms with Gasteiger partial charge in [0.05, 0.1) is 0 Å². The number of benzene rings is 1. The maximum absolute atomic E-state index is 12.1. The summed E-state index contributed by atoms with van der Waals surface area (Å²) < 4.78 is 0. The summed E-state index contributed by atoms with van der Waals surface area (Å²) in [5.41, 5.74) is 1.97. The Kier molecular flexibility index (Phi) is 2.99. The third kappa shape index (κ3) is 2.26. The molecule has 1 fully saturated rings. The van der Waals surface area contributed by atoms with E-state index in [1.54, 1.807) is 0 Å². The molecule has 0 unspecified atom stereocenters. The third-order valence-electron chi connectivity index (χ3n) is 3.56. The van der Waals surface area contributed by atoms with Gasteiger partial charge in [-0.25, -0.2) is 0 Å². The fourth-order valence-corrected chi connectivity index (χ4v) is 2.30. The molecule has 0 aliphatic heterocycles. The summed E-state index contributed by atoms with van der Waals surface area (Å²) in [6, 6.07) is 7.97. The first-order valence-corrected chi connectivity index (χ1v) is 5.98. The van der Waals surface area contributed by atoms with Crippen molar-refractivity contribution in [2.75, 3.05) is 5.32 Å². The number of carbonyl (C=O) groups excluding carboxylic acids is 1. The number of nitrogens with one attached hydrogen (secondary N) is 1. The second-order valence-electron chi connectivity index (χ2n) is 5.09. The number of hydrogen-bond donors (Lipinski definition) is 1. The normalized spacial score (nSPS) is 18.4. The smallest absolute Gasteiger partial charge is 0.230 e. The molecule has 1 N–H and O–H groups in total. The van der Waals surface area contributed by atoms with Gasteiger partial charge in [0.2, 0.25) is 5.91 Å². The molecule has 1 amide bonds. The Morgan fingerprint density at radius 3 is 2.31 bits per heavy atom. The average Bonchev–Trinajstić information content (AvgIpc) is 2.70. The van der Waals surface area contributed by atoms with Crippen LogP contribution in [-0.2, 0) is 4.79 Å². The first kappa shape index (κ1) is 11.2. The van der Waals surface area contributed by atoms with Crippen LogP contribution < -0.4 is 5.32 Å². The van der Waals surface area contributed by atoms with Gasteiger partial charge < -0.3 is 5.32 Å². The Morgan fingerprint density at radius 2 is 1.75 bits per heavy atom. The molecular weight excluding hydrogens is 198 g/mol. The van der Waals surface area contributed by atoms with Gasteiger partial charge in [0, 0.05) is 11.1 Å². The number of hydrogen-bond acceptors (Lipinski definition) is 1. The number of amides is 1. The van der Waals surface area contributed by atoms with Gasteiger partial charge in [-0.05, 0) is 31.9 Å². The van der Waals surface area contributed by atoms with E-state index < -0.39 is 0 Å². The highest BCUT2D eigenvalue weighted by Crippen LogP contribution is 2.38. The van der Waals surface area contributed by atoms with Crippen LogP contribution in [0.5, 0.6) is 0 Å². The van der Waals surface area contributed by atoms with E-state index in [9.17, 15) is 4.79 Å². The van der Waals surface area contributed by atoms with Gasteiger partial charge in [0.25, 0.3) is 0 Å². The van der Waals surface area contributed by atoms with E-state index in [4.69, 9.17) is 0 Å². The summed E-state index contributed by atoms with van der Waals surface area (Å²) in [6.07, 6.45) is 4.39. The van der Waals surface area contributed by atoms with E-state index in [0.29, 0.717) is 0 Å². The molecule has 0 heterocycles. The molecule has 1 aliphatic rings. The molecule has 1 saturated carbocycles. The first-order chi connectivity index (χ1) is 7.60. The maximum atomic E-state index is 12.1. The zero-order valence-electron chi connectivity index (χ0n) is 10.0. The summed E-state index contributed by atoms with van der Waals surface area (Å²) in [6.45, 7) is 4.12. The van der Waals surface area contributed by atoms with Crippen molar-refractivity contribution in [3.05, 3.63) is 29.8 Å². The van der Waals surface area contributed by atoms with Crippen LogP contribution >= 0.6 is 0 Å². The average molecular weight is 217 g/mol. The Balaban J connectivity index is 2.04. The van der Waals surface area contributed by atoms with E-state index in [-0.39, 0.29) is 11.3 Å². The lowest BCUT2D eigenvalue weighted by molar-refractivity contribution is -0.124. The molecule has 86 valence electrons. The molecule has 0 atom stereocenters. The summed E-state index contributed by atoms with van der Waals surface area (Å²) in [7, 11) is 0. The Bertz CT molecular complexity index is 374. The van der Waals surface area contributed by atoms with Gasteiger partial charge in [0.1, 0.15) is 0 Å². The first-order valence-electron chi connectivity index (χ1n) is 5.98. The van der Waals surface area contributed by atoms with Gasteiger partial charge in [-0.3, -0.25) is 4.79 Å². The molecule has 0 saturated heterocycles. The van der Waals surface area contributed by atoms with Crippen LogP contribution in [0, 0.1) is 12.3 Å². The Hall–Kier alpha value is -1.31. The zero-order valence-corrected chi connectivity index (χ0v) is 10.0. The lowest BCUT2D eigenvalue weighted by atomic mass is 9.88. The molecule has 1 aromatic carbocycles. The van der Waals surface area contributed by atoms with Crippen molar-refractivity contribution in [1.82, 2.24) is 0 Å². The minimum atomic E-state index is -0.148. The molecule has 2 rings (SSSR count). The van der Waals surface area contributed by atoms with E-state index in [2.05, 4.69) is 12.2 Å². The fraction of sp³-hybridized carbons (Fsp3) is 0.500. The van der Waals surface area contributed by atoms with Crippen LogP contribution in [0.2, 0.25) is 0 Å². The zero-order chi connectivity index (χ0) is 11.6. The quantitative estimate of drug-likeness (QED) is 0.807. The molecule has 0 bridgehead atoms. The summed E-state index contributed by atoms with van der Waals surface area (Å²) in [5.74, 6) is 0.175. The lowest BCUT2D eigenvalue weighted by Crippen LogP contribution is -2.30. The van der Waals surface area contributed by atoms with Crippen LogP contribution in [0.15, 0.2) is 24.3 Å². The van der Waals surface area contributed by atoms with Gasteiger partial charge in [-0.15, -0.1) is 0 Å². The molecule has 1 aromatic rings. The van der Waals surface area contributed by atoms with Crippen molar-refractivity contribution in [3.8, 4) is 0 Å². The minimum Gasteiger partial charge on any atom is -0.326 e. The predicted octanol–water partition coefficient (Wildman–Crippen LogP) is 3.51. The number of rotatable bonds is 2. The van der Waals surface area contributed by atoms with Gasteiger partial charge in [0.15, 0.2) is 0 Å². The van der Waals surface area contributed by atoms with Crippen LogP contribution in [0.25, 0.3) is 0 Å². The largest absolute Gasteiger partial charge is 0.326 e. The highest BCUT2D eigenvalue weighted by Gasteiger charge is 2.36. The van der Waals surface area contributed by atoms with Crippen molar-refractivity contribution in [2.45, 2.75) is 39.5 Å². The third-order valence-corrected chi connectivity index (χ3v) is 3.56. The molecule has 2 nitrogen and oxygen atoms in total. The van der Waals surface area contributed by atoms with Gasteiger partial charge >= 0.3 is 0 Å². The summed E-state index contributed by atoms with van der Waals surface area (Å²) in [5, 5.41) is 3.01. The van der Waals surface area contributed by atoms with Crippen LogP contribution in [0.1, 0.15) is 38.2 Å². The van der Waals surface area contributed by atoms with Crippen molar-refractivity contribution in [1.29, 1.82) is 0 Å². The van der Waals surface area contributed by atoms with Crippen molar-refractivity contribution < 1.29 is 4.79 Å². The SMILES string of the molecule is Cc1ccc(NC(=O)C2(C)CCCC2)cc1. The van der Waals surface area contributed by atoms with Crippen LogP contribution in [0.3, 0.4) is 0 Å².